The van der Waals surface area contributed by atoms with Crippen LogP contribution in [0.3, 0.4) is 0 Å². The highest BCUT2D eigenvalue weighted by molar-refractivity contribution is 9.10. The van der Waals surface area contributed by atoms with Gasteiger partial charge in [0.25, 0.3) is 0 Å². The number of ether oxygens (including phenoxy) is 1. The van der Waals surface area contributed by atoms with Crippen LogP contribution in [0.2, 0.25) is 0 Å². The summed E-state index contributed by atoms with van der Waals surface area (Å²) in [4.78, 5) is 2.67. The van der Waals surface area contributed by atoms with E-state index in [1.54, 1.807) is 7.11 Å². The minimum Gasteiger partial charge on any atom is -0.497 e. The minimum absolute atomic E-state index is 0.226. The summed E-state index contributed by atoms with van der Waals surface area (Å²) in [6.07, 6.45) is 0. The zero-order valence-electron chi connectivity index (χ0n) is 11.4. The third-order valence-corrected chi connectivity index (χ3v) is 4.72. The molecule has 1 heterocycles. The average Bonchev–Trinajstić information content (AvgIpc) is 2.83. The molecule has 19 heavy (non-hydrogen) atoms. The number of benzene rings is 1. The van der Waals surface area contributed by atoms with Crippen LogP contribution < -0.4 is 10.1 Å². The highest BCUT2D eigenvalue weighted by atomic mass is 79.9. The van der Waals surface area contributed by atoms with Crippen molar-refractivity contribution in [1.29, 1.82) is 0 Å². The molecule has 1 N–H and O–H groups in total. The van der Waals surface area contributed by atoms with E-state index in [9.17, 15) is 0 Å². The summed E-state index contributed by atoms with van der Waals surface area (Å²) in [7, 11) is 1.69. The van der Waals surface area contributed by atoms with Gasteiger partial charge in [0.05, 0.1) is 13.2 Å². The van der Waals surface area contributed by atoms with E-state index in [1.165, 1.54) is 15.3 Å². The summed E-state index contributed by atoms with van der Waals surface area (Å²) < 4.78 is 6.32. The molecule has 4 heteroatoms. The molecule has 2 aromatic rings. The Balaban J connectivity index is 2.39. The topological polar surface area (TPSA) is 21.3 Å². The molecular formula is C15H18BrNOS. The van der Waals surface area contributed by atoms with Crippen molar-refractivity contribution in [3.63, 3.8) is 0 Å². The van der Waals surface area contributed by atoms with Gasteiger partial charge < -0.3 is 10.1 Å². The summed E-state index contributed by atoms with van der Waals surface area (Å²) in [5.41, 5.74) is 1.24. The molecule has 0 bridgehead atoms. The zero-order valence-corrected chi connectivity index (χ0v) is 13.8. The Kier molecular flexibility index (Phi) is 5.02. The summed E-state index contributed by atoms with van der Waals surface area (Å²) in [5, 5.41) is 3.55. The molecule has 1 aromatic carbocycles. The minimum atomic E-state index is 0.226. The van der Waals surface area contributed by atoms with Crippen molar-refractivity contribution in [3.8, 4) is 5.75 Å². The second-order valence-electron chi connectivity index (χ2n) is 4.33. The van der Waals surface area contributed by atoms with Crippen molar-refractivity contribution in [2.45, 2.75) is 19.9 Å². The summed E-state index contributed by atoms with van der Waals surface area (Å²) in [6, 6.07) is 10.7. The lowest BCUT2D eigenvalue weighted by Gasteiger charge is -2.19. The van der Waals surface area contributed by atoms with Gasteiger partial charge in [-0.25, -0.2) is 0 Å². The molecule has 1 unspecified atom stereocenters. The summed E-state index contributed by atoms with van der Waals surface area (Å²) >= 11 is 5.48. The van der Waals surface area contributed by atoms with Gasteiger partial charge in [0.15, 0.2) is 0 Å². The third kappa shape index (κ3) is 3.38. The van der Waals surface area contributed by atoms with Crippen LogP contribution in [0, 0.1) is 6.92 Å². The maximum Gasteiger partial charge on any atom is 0.120 e. The molecule has 0 fully saturated rings. The van der Waals surface area contributed by atoms with Gasteiger partial charge in [0.2, 0.25) is 0 Å². The largest absolute Gasteiger partial charge is 0.497 e. The number of rotatable bonds is 5. The standard InChI is InChI=1S/C15H18BrNOS/c1-4-17-15(14-8-5-10(2)19-14)12-7-6-11(18-3)9-13(12)16/h5-9,15,17H,4H2,1-3H3. The molecule has 0 aliphatic carbocycles. The van der Waals surface area contributed by atoms with Crippen LogP contribution in [-0.4, -0.2) is 13.7 Å². The van der Waals surface area contributed by atoms with E-state index in [0.717, 1.165) is 16.8 Å². The molecule has 1 aromatic heterocycles. The van der Waals surface area contributed by atoms with E-state index >= 15 is 0 Å². The molecule has 1 atom stereocenters. The molecular weight excluding hydrogens is 322 g/mol. The molecule has 2 nitrogen and oxygen atoms in total. The van der Waals surface area contributed by atoms with Gasteiger partial charge >= 0.3 is 0 Å². The van der Waals surface area contributed by atoms with Gasteiger partial charge in [0.1, 0.15) is 5.75 Å². The maximum absolute atomic E-state index is 5.25. The lowest BCUT2D eigenvalue weighted by atomic mass is 10.1. The Bertz CT molecular complexity index is 553. The normalized spacial score (nSPS) is 12.4. The Hall–Kier alpha value is -0.840. The van der Waals surface area contributed by atoms with Crippen molar-refractivity contribution in [2.75, 3.05) is 13.7 Å². The van der Waals surface area contributed by atoms with Crippen molar-refractivity contribution in [3.05, 3.63) is 50.1 Å². The first-order chi connectivity index (χ1) is 9.15. The number of nitrogens with one attached hydrogen (secondary N) is 1. The van der Waals surface area contributed by atoms with Crippen molar-refractivity contribution in [2.24, 2.45) is 0 Å². The predicted octanol–water partition coefficient (Wildman–Crippen LogP) is 4.53. The first kappa shape index (κ1) is 14.6. The lowest BCUT2D eigenvalue weighted by molar-refractivity contribution is 0.414. The SMILES string of the molecule is CCNC(c1ccc(C)s1)c1ccc(OC)cc1Br. The van der Waals surface area contributed by atoms with Crippen LogP contribution in [0.5, 0.6) is 5.75 Å². The van der Waals surface area contributed by atoms with Crippen LogP contribution in [0.1, 0.15) is 28.3 Å². The first-order valence-electron chi connectivity index (χ1n) is 6.29. The van der Waals surface area contributed by atoms with Crippen LogP contribution in [0.25, 0.3) is 0 Å². The second-order valence-corrected chi connectivity index (χ2v) is 6.50. The van der Waals surface area contributed by atoms with Crippen molar-refractivity contribution < 1.29 is 4.74 Å². The summed E-state index contributed by atoms with van der Waals surface area (Å²) in [6.45, 7) is 5.20. The fourth-order valence-corrected chi connectivity index (χ4v) is 3.60. The predicted molar refractivity (Wildman–Crippen MR) is 85.3 cm³/mol. The Labute approximate surface area is 126 Å². The van der Waals surface area contributed by atoms with Gasteiger partial charge in [-0.05, 0) is 43.3 Å². The van der Waals surface area contributed by atoms with Gasteiger partial charge in [-0.3, -0.25) is 0 Å². The molecule has 0 radical (unpaired) electrons. The molecule has 0 saturated carbocycles. The highest BCUT2D eigenvalue weighted by Crippen LogP contribution is 2.34. The van der Waals surface area contributed by atoms with E-state index < -0.39 is 0 Å². The maximum atomic E-state index is 5.25. The quantitative estimate of drug-likeness (QED) is 0.864. The monoisotopic (exact) mass is 339 g/mol. The fourth-order valence-electron chi connectivity index (χ4n) is 2.05. The number of methoxy groups -OCH3 is 1. The number of halogens is 1. The molecule has 0 aliphatic rings. The molecule has 102 valence electrons. The highest BCUT2D eigenvalue weighted by Gasteiger charge is 2.17. The lowest BCUT2D eigenvalue weighted by Crippen LogP contribution is -2.21. The smallest absolute Gasteiger partial charge is 0.120 e. The molecule has 0 saturated heterocycles. The molecule has 0 spiro atoms. The van der Waals surface area contributed by atoms with E-state index in [1.807, 2.05) is 23.5 Å². The molecule has 0 aliphatic heterocycles. The Morgan fingerprint density at radius 1 is 1.32 bits per heavy atom. The van der Waals surface area contributed by atoms with Gasteiger partial charge in [-0.15, -0.1) is 11.3 Å². The number of aryl methyl sites for hydroxylation is 1. The molecule has 2 rings (SSSR count). The van der Waals surface area contributed by atoms with Crippen LogP contribution >= 0.6 is 27.3 Å². The Morgan fingerprint density at radius 2 is 2.11 bits per heavy atom. The van der Waals surface area contributed by atoms with E-state index in [2.05, 4.69) is 53.3 Å². The van der Waals surface area contributed by atoms with Crippen LogP contribution in [-0.2, 0) is 0 Å². The average molecular weight is 340 g/mol. The summed E-state index contributed by atoms with van der Waals surface area (Å²) in [5.74, 6) is 0.869. The number of hydrogen-bond acceptors (Lipinski definition) is 3. The van der Waals surface area contributed by atoms with Crippen LogP contribution in [0.4, 0.5) is 0 Å². The van der Waals surface area contributed by atoms with E-state index in [-0.39, 0.29) is 6.04 Å². The van der Waals surface area contributed by atoms with Gasteiger partial charge in [-0.1, -0.05) is 28.9 Å². The molecule has 0 amide bonds. The van der Waals surface area contributed by atoms with Crippen molar-refractivity contribution >= 4 is 27.3 Å². The zero-order chi connectivity index (χ0) is 13.8. The number of hydrogen-bond donors (Lipinski definition) is 1. The van der Waals surface area contributed by atoms with E-state index in [0.29, 0.717) is 0 Å². The van der Waals surface area contributed by atoms with Gasteiger partial charge in [-0.2, -0.15) is 0 Å². The number of thiophene rings is 1. The fraction of sp³-hybridized carbons (Fsp3) is 0.333. The third-order valence-electron chi connectivity index (χ3n) is 2.97. The van der Waals surface area contributed by atoms with Crippen molar-refractivity contribution in [1.82, 2.24) is 5.32 Å². The van der Waals surface area contributed by atoms with Gasteiger partial charge in [0, 0.05) is 14.2 Å². The van der Waals surface area contributed by atoms with Crippen LogP contribution in [0.15, 0.2) is 34.8 Å². The first-order valence-corrected chi connectivity index (χ1v) is 7.89. The van der Waals surface area contributed by atoms with E-state index in [4.69, 9.17) is 4.74 Å². The second kappa shape index (κ2) is 6.55. The Morgan fingerprint density at radius 3 is 2.63 bits per heavy atom.